The van der Waals surface area contributed by atoms with Gasteiger partial charge in [-0.3, -0.25) is 19.2 Å². The predicted molar refractivity (Wildman–Crippen MR) is 196 cm³/mol. The van der Waals surface area contributed by atoms with Crippen LogP contribution >= 0.6 is 0 Å². The number of tetrazole rings is 1. The number of hydrogen-bond acceptors (Lipinski definition) is 12. The van der Waals surface area contributed by atoms with Crippen molar-refractivity contribution in [1.29, 1.82) is 0 Å². The minimum atomic E-state index is -1.17. The molecule has 1 atom stereocenters. The molecule has 53 heavy (non-hydrogen) atoms. The molecule has 0 aliphatic rings. The van der Waals surface area contributed by atoms with Crippen LogP contribution in [0.5, 0.6) is 0 Å². The average molecular weight is 756 g/mol. The predicted octanol–water partition coefficient (Wildman–Crippen LogP) is 2.83. The third-order valence-corrected chi connectivity index (χ3v) is 8.17. The first kappa shape index (κ1) is 47.5. The average Bonchev–Trinajstić information content (AvgIpc) is 3.65. The number of H-pyrrole nitrogens is 1. The zero-order valence-electron chi connectivity index (χ0n) is 31.8. The maximum Gasteiger partial charge on any atom is 0.326 e. The van der Waals surface area contributed by atoms with Crippen molar-refractivity contribution in [2.45, 2.75) is 129 Å². The van der Waals surface area contributed by atoms with E-state index in [0.717, 1.165) is 37.9 Å². The van der Waals surface area contributed by atoms with Gasteiger partial charge in [-0.05, 0) is 36.6 Å². The highest BCUT2D eigenvalue weighted by atomic mass is 16.5. The van der Waals surface area contributed by atoms with Crippen molar-refractivity contribution >= 4 is 29.5 Å². The number of Topliss-reactive ketones (excluding diaryl/α,β-unsaturated/α-hetero) is 1. The van der Waals surface area contributed by atoms with Gasteiger partial charge in [-0.2, -0.15) is 0 Å². The molecule has 0 fully saturated rings. The van der Waals surface area contributed by atoms with E-state index in [1.54, 1.807) is 0 Å². The quantitative estimate of drug-likeness (QED) is 0.0612. The van der Waals surface area contributed by atoms with E-state index < -0.39 is 12.0 Å². The molecule has 3 amide bonds. The van der Waals surface area contributed by atoms with Gasteiger partial charge >= 0.3 is 5.97 Å². The Morgan fingerprint density at radius 3 is 1.66 bits per heavy atom. The van der Waals surface area contributed by atoms with Gasteiger partial charge in [-0.1, -0.05) is 77.0 Å². The molecule has 17 heteroatoms. The second kappa shape index (κ2) is 34.2. The number of amides is 3. The Balaban J connectivity index is 1.89. The first-order chi connectivity index (χ1) is 25.8. The Morgan fingerprint density at radius 2 is 1.13 bits per heavy atom. The largest absolute Gasteiger partial charge is 0.480 e. The lowest BCUT2D eigenvalue weighted by Gasteiger charge is -2.14. The van der Waals surface area contributed by atoms with E-state index in [9.17, 15) is 29.1 Å². The number of aromatic nitrogens is 4. The van der Waals surface area contributed by atoms with Crippen molar-refractivity contribution in [2.75, 3.05) is 65.9 Å². The van der Waals surface area contributed by atoms with Crippen LogP contribution in [-0.2, 0) is 49.3 Å². The summed E-state index contributed by atoms with van der Waals surface area (Å²) in [5, 5.41) is 31.2. The van der Waals surface area contributed by atoms with E-state index in [2.05, 4.69) is 36.6 Å². The van der Waals surface area contributed by atoms with E-state index in [1.807, 2.05) is 0 Å². The van der Waals surface area contributed by atoms with Crippen molar-refractivity contribution in [3.8, 4) is 0 Å². The molecule has 1 aromatic heterocycles. The van der Waals surface area contributed by atoms with Crippen LogP contribution in [-0.4, -0.2) is 127 Å². The highest BCUT2D eigenvalue weighted by Crippen LogP contribution is 2.14. The van der Waals surface area contributed by atoms with E-state index in [4.69, 9.17) is 18.9 Å². The minimum Gasteiger partial charge on any atom is -0.480 e. The van der Waals surface area contributed by atoms with Gasteiger partial charge in [0.1, 0.15) is 25.1 Å². The summed E-state index contributed by atoms with van der Waals surface area (Å²) >= 11 is 0. The molecule has 0 aliphatic carbocycles. The van der Waals surface area contributed by atoms with E-state index >= 15 is 0 Å². The van der Waals surface area contributed by atoms with Gasteiger partial charge in [0, 0.05) is 32.4 Å². The number of carboxylic acid groups (broad SMARTS) is 1. The van der Waals surface area contributed by atoms with E-state index in [1.165, 1.54) is 64.7 Å². The first-order valence-corrected chi connectivity index (χ1v) is 19.4. The molecule has 304 valence electrons. The monoisotopic (exact) mass is 755 g/mol. The lowest BCUT2D eigenvalue weighted by atomic mass is 10.0. The van der Waals surface area contributed by atoms with Crippen molar-refractivity contribution in [3.63, 3.8) is 0 Å². The molecule has 0 aliphatic heterocycles. The van der Waals surface area contributed by atoms with Gasteiger partial charge < -0.3 is 40.0 Å². The Hall–Kier alpha value is -3.54. The summed E-state index contributed by atoms with van der Waals surface area (Å²) in [5.74, 6) is -1.29. The maximum absolute atomic E-state index is 12.3. The summed E-state index contributed by atoms with van der Waals surface area (Å²) in [6.07, 6.45) is 17.5. The lowest BCUT2D eigenvalue weighted by Crippen LogP contribution is -2.41. The van der Waals surface area contributed by atoms with E-state index in [-0.39, 0.29) is 82.3 Å². The summed E-state index contributed by atoms with van der Waals surface area (Å²) in [6, 6.07) is -1.12. The maximum atomic E-state index is 12.3. The molecule has 1 heterocycles. The zero-order valence-corrected chi connectivity index (χ0v) is 31.8. The number of carbonyl (C=O) groups is 5. The SMILES string of the molecule is CC(=O)COCCOCCNC(=O)COCCOCCNC(=O)CC[C@H](NC(=O)CCCCCCCCCCCCCCCCc1nnn[nH]1)C(=O)O. The standard InChI is InChI=1S/C36H65N7O10/c1-30(44)28-52-26-24-51-23-21-38-35(47)29-53-27-25-50-22-20-37-33(45)19-18-31(36(48)49)39-34(46)17-15-13-11-9-7-5-3-2-4-6-8-10-12-14-16-32-40-42-43-41-32/h31H,2-29H2,1H3,(H,37,45)(H,38,47)(H,39,46)(H,48,49)(H,40,41,42,43)/t31-/m0/s1. The summed E-state index contributed by atoms with van der Waals surface area (Å²) in [4.78, 5) is 58.6. The van der Waals surface area contributed by atoms with Gasteiger partial charge in [0.15, 0.2) is 5.78 Å². The normalized spacial score (nSPS) is 11.6. The number of carbonyl (C=O) groups excluding carboxylic acids is 4. The molecule has 0 saturated heterocycles. The molecule has 0 aromatic carbocycles. The van der Waals surface area contributed by atoms with Crippen molar-refractivity contribution in [2.24, 2.45) is 0 Å². The smallest absolute Gasteiger partial charge is 0.326 e. The second-order valence-corrected chi connectivity index (χ2v) is 13.0. The lowest BCUT2D eigenvalue weighted by molar-refractivity contribution is -0.142. The van der Waals surface area contributed by atoms with Crippen LogP contribution in [0.15, 0.2) is 0 Å². The van der Waals surface area contributed by atoms with Crippen LogP contribution in [0.3, 0.4) is 0 Å². The zero-order chi connectivity index (χ0) is 38.6. The van der Waals surface area contributed by atoms with Crippen molar-refractivity contribution in [1.82, 2.24) is 36.6 Å². The highest BCUT2D eigenvalue weighted by molar-refractivity contribution is 5.84. The van der Waals surface area contributed by atoms with Crippen LogP contribution in [0.4, 0.5) is 0 Å². The number of ketones is 1. The van der Waals surface area contributed by atoms with Crippen LogP contribution in [0.25, 0.3) is 0 Å². The Labute approximate surface area is 314 Å². The molecule has 0 saturated carbocycles. The highest BCUT2D eigenvalue weighted by Gasteiger charge is 2.20. The number of aryl methyl sites for hydroxylation is 1. The molecular formula is C36H65N7O10. The number of rotatable bonds is 38. The van der Waals surface area contributed by atoms with Gasteiger partial charge in [0.2, 0.25) is 17.7 Å². The first-order valence-electron chi connectivity index (χ1n) is 19.4. The number of aliphatic carboxylic acids is 1. The van der Waals surface area contributed by atoms with Crippen molar-refractivity contribution < 1.29 is 48.0 Å². The summed E-state index contributed by atoms with van der Waals surface area (Å²) in [7, 11) is 0. The molecule has 0 radical (unpaired) electrons. The van der Waals surface area contributed by atoms with Crippen LogP contribution in [0.1, 0.15) is 122 Å². The fourth-order valence-electron chi connectivity index (χ4n) is 5.27. The third-order valence-electron chi connectivity index (χ3n) is 8.17. The molecule has 1 rings (SSSR count). The molecule has 0 unspecified atom stereocenters. The van der Waals surface area contributed by atoms with Gasteiger partial charge in [0.25, 0.3) is 0 Å². The number of hydrogen-bond donors (Lipinski definition) is 5. The number of nitrogens with zero attached hydrogens (tertiary/aromatic N) is 3. The fourth-order valence-corrected chi connectivity index (χ4v) is 5.27. The van der Waals surface area contributed by atoms with Crippen LogP contribution in [0.2, 0.25) is 0 Å². The fraction of sp³-hybridized carbons (Fsp3) is 0.833. The number of nitrogens with one attached hydrogen (secondary N) is 4. The molecule has 17 nitrogen and oxygen atoms in total. The second-order valence-electron chi connectivity index (χ2n) is 13.0. The number of ether oxygens (including phenoxy) is 4. The molecule has 0 bridgehead atoms. The number of carboxylic acids is 1. The Kier molecular flexibility index (Phi) is 30.7. The summed E-state index contributed by atoms with van der Waals surface area (Å²) in [6.45, 7) is 3.52. The summed E-state index contributed by atoms with van der Waals surface area (Å²) < 4.78 is 21.0. The third kappa shape index (κ3) is 31.7. The molecular weight excluding hydrogens is 690 g/mol. The van der Waals surface area contributed by atoms with Gasteiger partial charge in [0.05, 0.1) is 39.6 Å². The van der Waals surface area contributed by atoms with Crippen LogP contribution in [0, 0.1) is 0 Å². The topological polar surface area (TPSA) is 233 Å². The Bertz CT molecular complexity index is 1090. The number of aromatic amines is 1. The molecule has 1 aromatic rings. The minimum absolute atomic E-state index is 0.00593. The molecule has 0 spiro atoms. The molecule has 5 N–H and O–H groups in total. The van der Waals surface area contributed by atoms with Gasteiger partial charge in [-0.15, -0.1) is 5.10 Å². The van der Waals surface area contributed by atoms with Crippen LogP contribution < -0.4 is 16.0 Å². The number of unbranched alkanes of at least 4 members (excludes halogenated alkanes) is 13. The Morgan fingerprint density at radius 1 is 0.623 bits per heavy atom. The van der Waals surface area contributed by atoms with Crippen molar-refractivity contribution in [3.05, 3.63) is 5.82 Å². The summed E-state index contributed by atoms with van der Waals surface area (Å²) in [5.41, 5.74) is 0. The van der Waals surface area contributed by atoms with E-state index in [0.29, 0.717) is 32.8 Å². The van der Waals surface area contributed by atoms with Gasteiger partial charge in [-0.25, -0.2) is 9.89 Å².